The fourth-order valence-corrected chi connectivity index (χ4v) is 1.06. The highest BCUT2D eigenvalue weighted by atomic mass is 19.4. The third kappa shape index (κ3) is 2.38. The van der Waals surface area contributed by atoms with Crippen LogP contribution in [0.4, 0.5) is 18.9 Å². The van der Waals surface area contributed by atoms with E-state index in [1.807, 2.05) is 0 Å². The van der Waals surface area contributed by atoms with Gasteiger partial charge in [-0.15, -0.1) is 0 Å². The van der Waals surface area contributed by atoms with E-state index in [0.29, 0.717) is 5.56 Å². The van der Waals surface area contributed by atoms with E-state index in [1.165, 1.54) is 13.2 Å². The largest absolute Gasteiger partial charge is 0.416 e. The van der Waals surface area contributed by atoms with Crippen molar-refractivity contribution in [2.45, 2.75) is 12.8 Å². The zero-order valence-corrected chi connectivity index (χ0v) is 7.56. The van der Waals surface area contributed by atoms with Crippen LogP contribution in [0.3, 0.4) is 0 Å². The molecule has 0 aliphatic heterocycles. The van der Waals surface area contributed by atoms with Crippen LogP contribution < -0.4 is 5.73 Å². The second-order valence-corrected chi connectivity index (χ2v) is 2.84. The average Bonchev–Trinajstić information content (AvgIpc) is 2.07. The summed E-state index contributed by atoms with van der Waals surface area (Å²) >= 11 is 0. The molecule has 0 bridgehead atoms. The minimum Gasteiger partial charge on any atom is -0.398 e. The monoisotopic (exact) mass is 205 g/mol. The topological polar surface area (TPSA) is 35.2 Å². The summed E-state index contributed by atoms with van der Waals surface area (Å²) in [6, 6.07) is 3.22. The summed E-state index contributed by atoms with van der Waals surface area (Å²) < 4.78 is 41.4. The molecule has 2 nitrogen and oxygen atoms in total. The molecule has 0 aliphatic rings. The van der Waals surface area contributed by atoms with Crippen LogP contribution in [0.2, 0.25) is 0 Å². The lowest BCUT2D eigenvalue weighted by molar-refractivity contribution is -0.137. The molecule has 14 heavy (non-hydrogen) atoms. The molecular formula is C9H10F3NO. The Hall–Kier alpha value is -1.23. The Bertz CT molecular complexity index is 322. The first kappa shape index (κ1) is 10.8. The molecule has 0 fully saturated rings. The van der Waals surface area contributed by atoms with Crippen LogP contribution in [-0.4, -0.2) is 7.11 Å². The maximum Gasteiger partial charge on any atom is 0.416 e. The number of methoxy groups -OCH3 is 1. The maximum absolute atomic E-state index is 12.2. The molecular weight excluding hydrogens is 195 g/mol. The first-order valence-electron chi connectivity index (χ1n) is 3.89. The lowest BCUT2D eigenvalue weighted by Gasteiger charge is -2.10. The van der Waals surface area contributed by atoms with Crippen molar-refractivity contribution in [1.29, 1.82) is 0 Å². The van der Waals surface area contributed by atoms with Gasteiger partial charge in [0, 0.05) is 18.4 Å². The Morgan fingerprint density at radius 3 is 2.43 bits per heavy atom. The van der Waals surface area contributed by atoms with Gasteiger partial charge in [-0.25, -0.2) is 0 Å². The van der Waals surface area contributed by atoms with Gasteiger partial charge < -0.3 is 10.5 Å². The van der Waals surface area contributed by atoms with Crippen LogP contribution in [0.15, 0.2) is 18.2 Å². The highest BCUT2D eigenvalue weighted by Gasteiger charge is 2.30. The molecule has 0 amide bonds. The second kappa shape index (κ2) is 3.88. The molecule has 0 aliphatic carbocycles. The predicted molar refractivity (Wildman–Crippen MR) is 46.6 cm³/mol. The molecule has 78 valence electrons. The molecule has 0 atom stereocenters. The summed E-state index contributed by atoms with van der Waals surface area (Å²) in [6.45, 7) is 0.212. The lowest BCUT2D eigenvalue weighted by Crippen LogP contribution is -2.07. The summed E-state index contributed by atoms with van der Waals surface area (Å²) in [5.74, 6) is 0. The first-order valence-corrected chi connectivity index (χ1v) is 3.89. The molecule has 0 aromatic heterocycles. The van der Waals surface area contributed by atoms with E-state index in [1.54, 1.807) is 0 Å². The summed E-state index contributed by atoms with van der Waals surface area (Å²) in [6.07, 6.45) is -4.35. The van der Waals surface area contributed by atoms with E-state index in [-0.39, 0.29) is 12.3 Å². The Morgan fingerprint density at radius 2 is 2.00 bits per heavy atom. The quantitative estimate of drug-likeness (QED) is 0.752. The number of halogens is 3. The smallest absolute Gasteiger partial charge is 0.398 e. The Morgan fingerprint density at radius 1 is 1.36 bits per heavy atom. The molecule has 5 heteroatoms. The number of alkyl halides is 3. The molecule has 1 rings (SSSR count). The van der Waals surface area contributed by atoms with Gasteiger partial charge in [0.25, 0.3) is 0 Å². The van der Waals surface area contributed by atoms with Crippen LogP contribution in [0.1, 0.15) is 11.1 Å². The zero-order chi connectivity index (χ0) is 10.8. The first-order chi connectivity index (χ1) is 6.45. The van der Waals surface area contributed by atoms with Crippen molar-refractivity contribution < 1.29 is 17.9 Å². The van der Waals surface area contributed by atoms with E-state index in [4.69, 9.17) is 10.5 Å². The van der Waals surface area contributed by atoms with Crippen molar-refractivity contribution >= 4 is 5.69 Å². The Kier molecular flexibility index (Phi) is 3.00. The van der Waals surface area contributed by atoms with Crippen molar-refractivity contribution in [3.63, 3.8) is 0 Å². The molecule has 0 saturated carbocycles. The number of ether oxygens (including phenoxy) is 1. The number of hydrogen-bond donors (Lipinski definition) is 1. The van der Waals surface area contributed by atoms with Gasteiger partial charge >= 0.3 is 6.18 Å². The third-order valence-corrected chi connectivity index (χ3v) is 1.77. The van der Waals surface area contributed by atoms with Crippen molar-refractivity contribution in [3.8, 4) is 0 Å². The molecule has 0 saturated heterocycles. The normalized spacial score (nSPS) is 11.7. The van der Waals surface area contributed by atoms with E-state index < -0.39 is 11.7 Å². The number of hydrogen-bond acceptors (Lipinski definition) is 2. The fraction of sp³-hybridized carbons (Fsp3) is 0.333. The van der Waals surface area contributed by atoms with E-state index in [9.17, 15) is 13.2 Å². The molecule has 2 N–H and O–H groups in total. The van der Waals surface area contributed by atoms with E-state index >= 15 is 0 Å². The zero-order valence-electron chi connectivity index (χ0n) is 7.56. The van der Waals surface area contributed by atoms with Gasteiger partial charge in [-0.1, -0.05) is 6.07 Å². The Labute approximate surface area is 79.5 Å². The van der Waals surface area contributed by atoms with Gasteiger partial charge in [0.15, 0.2) is 0 Å². The van der Waals surface area contributed by atoms with Crippen LogP contribution in [0, 0.1) is 0 Å². The van der Waals surface area contributed by atoms with Crippen LogP contribution in [0.5, 0.6) is 0 Å². The van der Waals surface area contributed by atoms with E-state index in [0.717, 1.165) is 12.1 Å². The minimum absolute atomic E-state index is 0.0988. The predicted octanol–water partition coefficient (Wildman–Crippen LogP) is 2.43. The van der Waals surface area contributed by atoms with Crippen LogP contribution >= 0.6 is 0 Å². The van der Waals surface area contributed by atoms with E-state index in [2.05, 4.69) is 0 Å². The number of benzene rings is 1. The minimum atomic E-state index is -4.35. The molecule has 0 heterocycles. The van der Waals surface area contributed by atoms with Gasteiger partial charge in [-0.2, -0.15) is 13.2 Å². The van der Waals surface area contributed by atoms with Crippen molar-refractivity contribution in [3.05, 3.63) is 29.3 Å². The summed E-state index contributed by atoms with van der Waals surface area (Å²) in [7, 11) is 1.46. The van der Waals surface area contributed by atoms with Crippen LogP contribution in [0.25, 0.3) is 0 Å². The molecule has 0 spiro atoms. The maximum atomic E-state index is 12.2. The number of anilines is 1. The highest BCUT2D eigenvalue weighted by Crippen LogP contribution is 2.31. The van der Waals surface area contributed by atoms with Crippen molar-refractivity contribution in [1.82, 2.24) is 0 Å². The standard InChI is InChI=1S/C9H10F3NO/c1-14-5-6-2-3-7(4-8(6)13)9(10,11)12/h2-4H,5,13H2,1H3. The van der Waals surface area contributed by atoms with Gasteiger partial charge in [0.2, 0.25) is 0 Å². The number of nitrogens with two attached hydrogens (primary N) is 1. The SMILES string of the molecule is COCc1ccc(C(F)(F)F)cc1N. The van der Waals surface area contributed by atoms with Gasteiger partial charge in [-0.05, 0) is 12.1 Å². The number of rotatable bonds is 2. The molecule has 0 radical (unpaired) electrons. The average molecular weight is 205 g/mol. The van der Waals surface area contributed by atoms with Crippen LogP contribution in [-0.2, 0) is 17.5 Å². The number of nitrogen functional groups attached to an aromatic ring is 1. The fourth-order valence-electron chi connectivity index (χ4n) is 1.06. The molecule has 0 unspecified atom stereocenters. The van der Waals surface area contributed by atoms with Gasteiger partial charge in [-0.3, -0.25) is 0 Å². The van der Waals surface area contributed by atoms with Gasteiger partial charge in [0.05, 0.1) is 12.2 Å². The molecule has 1 aromatic rings. The lowest BCUT2D eigenvalue weighted by atomic mass is 10.1. The summed E-state index contributed by atoms with van der Waals surface area (Å²) in [4.78, 5) is 0. The summed E-state index contributed by atoms with van der Waals surface area (Å²) in [5, 5.41) is 0. The second-order valence-electron chi connectivity index (χ2n) is 2.84. The third-order valence-electron chi connectivity index (χ3n) is 1.77. The Balaban J connectivity index is 3.01. The van der Waals surface area contributed by atoms with Gasteiger partial charge in [0.1, 0.15) is 0 Å². The summed E-state index contributed by atoms with van der Waals surface area (Å²) in [5.41, 5.74) is 5.34. The van der Waals surface area contributed by atoms with Crippen molar-refractivity contribution in [2.75, 3.05) is 12.8 Å². The molecule has 1 aromatic carbocycles. The van der Waals surface area contributed by atoms with Crippen molar-refractivity contribution in [2.24, 2.45) is 0 Å². The highest BCUT2D eigenvalue weighted by molar-refractivity contribution is 5.49.